The van der Waals surface area contributed by atoms with Crippen LogP contribution in [0.1, 0.15) is 85.0 Å². The van der Waals surface area contributed by atoms with Gasteiger partial charge in [0.25, 0.3) is 5.92 Å². The Morgan fingerprint density at radius 1 is 1.06 bits per heavy atom. The zero-order valence-corrected chi connectivity index (χ0v) is 19.4. The van der Waals surface area contributed by atoms with E-state index < -0.39 is 23.5 Å². The molecule has 31 heavy (non-hydrogen) atoms. The molecule has 4 saturated carbocycles. The molecule has 4 aliphatic carbocycles. The first-order valence-corrected chi connectivity index (χ1v) is 12.5. The first-order chi connectivity index (χ1) is 14.5. The molecule has 4 nitrogen and oxygen atoms in total. The number of aliphatic hydroxyl groups is 2. The van der Waals surface area contributed by atoms with Gasteiger partial charge in [0.2, 0.25) is 5.91 Å². The average molecular weight is 442 g/mol. The van der Waals surface area contributed by atoms with Crippen LogP contribution in [0.15, 0.2) is 0 Å². The Balaban J connectivity index is 1.49. The van der Waals surface area contributed by atoms with E-state index in [1.54, 1.807) is 0 Å². The maximum atomic E-state index is 14.6. The fraction of sp³-hybridized carbons (Fsp3) is 0.960. The lowest BCUT2D eigenvalue weighted by Gasteiger charge is -2.63. The summed E-state index contributed by atoms with van der Waals surface area (Å²) >= 11 is 0. The highest BCUT2D eigenvalue weighted by molar-refractivity contribution is 5.75. The Morgan fingerprint density at radius 3 is 2.48 bits per heavy atom. The van der Waals surface area contributed by atoms with Crippen LogP contribution in [0.4, 0.5) is 8.78 Å². The summed E-state index contributed by atoms with van der Waals surface area (Å²) in [5, 5.41) is 24.1. The molecule has 0 saturated heterocycles. The molecule has 1 amide bonds. The van der Waals surface area contributed by atoms with E-state index in [0.717, 1.165) is 38.5 Å². The molecule has 9 unspecified atom stereocenters. The maximum absolute atomic E-state index is 14.6. The molecular weight excluding hydrogens is 400 g/mol. The molecular formula is C25H41F2NO3. The summed E-state index contributed by atoms with van der Waals surface area (Å²) in [7, 11) is 0. The van der Waals surface area contributed by atoms with Crippen LogP contribution in [-0.4, -0.2) is 40.8 Å². The number of carbonyl (C=O) groups excluding carboxylic acids is 1. The molecule has 0 aromatic heterocycles. The van der Waals surface area contributed by atoms with Crippen LogP contribution in [0.2, 0.25) is 0 Å². The van der Waals surface area contributed by atoms with E-state index in [1.807, 2.05) is 13.8 Å². The highest BCUT2D eigenvalue weighted by atomic mass is 19.3. The van der Waals surface area contributed by atoms with Crippen molar-refractivity contribution in [2.24, 2.45) is 40.4 Å². The van der Waals surface area contributed by atoms with Crippen molar-refractivity contribution in [3.63, 3.8) is 0 Å². The first-order valence-electron chi connectivity index (χ1n) is 12.5. The lowest BCUT2D eigenvalue weighted by molar-refractivity contribution is -0.235. The summed E-state index contributed by atoms with van der Waals surface area (Å²) in [6.45, 7) is 6.97. The van der Waals surface area contributed by atoms with Crippen LogP contribution in [-0.2, 0) is 4.79 Å². The number of fused-ring (bicyclic) bond motifs is 5. The van der Waals surface area contributed by atoms with Gasteiger partial charge >= 0.3 is 0 Å². The Bertz CT molecular complexity index is 688. The van der Waals surface area contributed by atoms with Gasteiger partial charge in [-0.3, -0.25) is 4.79 Å². The minimum atomic E-state index is -3.03. The molecule has 0 aliphatic heterocycles. The van der Waals surface area contributed by atoms with Crippen LogP contribution >= 0.6 is 0 Å². The molecule has 3 N–H and O–H groups in total. The number of alkyl halides is 2. The Kier molecular flexibility index (Phi) is 6.22. The largest absolute Gasteiger partial charge is 0.393 e. The van der Waals surface area contributed by atoms with Crippen molar-refractivity contribution in [3.05, 3.63) is 0 Å². The summed E-state index contributed by atoms with van der Waals surface area (Å²) < 4.78 is 29.2. The number of nitrogens with one attached hydrogen (secondary N) is 1. The summed E-state index contributed by atoms with van der Waals surface area (Å²) in [6, 6.07) is 0. The van der Waals surface area contributed by atoms with Gasteiger partial charge in [0.1, 0.15) is 6.10 Å². The van der Waals surface area contributed by atoms with Crippen LogP contribution in [0.3, 0.4) is 0 Å². The van der Waals surface area contributed by atoms with E-state index in [4.69, 9.17) is 0 Å². The zero-order valence-electron chi connectivity index (χ0n) is 19.4. The van der Waals surface area contributed by atoms with Crippen molar-refractivity contribution >= 4 is 5.91 Å². The predicted molar refractivity (Wildman–Crippen MR) is 115 cm³/mol. The maximum Gasteiger partial charge on any atom is 0.274 e. The average Bonchev–Trinajstić information content (AvgIpc) is 3.01. The van der Waals surface area contributed by atoms with E-state index in [1.165, 1.54) is 0 Å². The third-order valence-corrected chi connectivity index (χ3v) is 10.2. The predicted octanol–water partition coefficient (Wildman–Crippen LogP) is 4.53. The van der Waals surface area contributed by atoms with Gasteiger partial charge < -0.3 is 15.5 Å². The monoisotopic (exact) mass is 441 g/mol. The molecule has 0 radical (unpaired) electrons. The van der Waals surface area contributed by atoms with Crippen LogP contribution in [0.5, 0.6) is 0 Å². The third kappa shape index (κ3) is 3.84. The van der Waals surface area contributed by atoms with E-state index >= 15 is 0 Å². The van der Waals surface area contributed by atoms with Gasteiger partial charge in [-0.05, 0) is 98.7 Å². The number of aliphatic hydroxyl groups excluding tert-OH is 2. The fourth-order valence-electron chi connectivity index (χ4n) is 8.61. The van der Waals surface area contributed by atoms with Crippen molar-refractivity contribution in [3.8, 4) is 0 Å². The minimum Gasteiger partial charge on any atom is -0.393 e. The Morgan fingerprint density at radius 2 is 1.77 bits per heavy atom. The van der Waals surface area contributed by atoms with Crippen molar-refractivity contribution in [2.75, 3.05) is 6.54 Å². The molecule has 0 spiro atoms. The standard InChI is InChI=1S/C25H41F2NO3/c1-4-28-21(31)7-5-6-15-8-9-17-22-18(10-11-23(15,17)2)24(3)14-25(26,27)20(30)13-16(24)12-19(22)29/h15-20,22,29-30H,4-14H2,1-3H3,(H,28,31). The zero-order chi connectivity index (χ0) is 22.6. The van der Waals surface area contributed by atoms with Crippen molar-refractivity contribution in [1.29, 1.82) is 0 Å². The normalized spacial score (nSPS) is 48.4. The smallest absolute Gasteiger partial charge is 0.274 e. The molecule has 178 valence electrons. The van der Waals surface area contributed by atoms with E-state index in [0.29, 0.717) is 31.2 Å². The van der Waals surface area contributed by atoms with Gasteiger partial charge in [-0.15, -0.1) is 0 Å². The summed E-state index contributed by atoms with van der Waals surface area (Å²) in [5.41, 5.74) is -0.381. The Labute approximate surface area is 185 Å². The third-order valence-electron chi connectivity index (χ3n) is 10.2. The molecule has 4 fully saturated rings. The lowest BCUT2D eigenvalue weighted by Crippen LogP contribution is -2.61. The van der Waals surface area contributed by atoms with Crippen molar-refractivity contribution < 1.29 is 23.8 Å². The first kappa shape index (κ1) is 23.4. The van der Waals surface area contributed by atoms with Crippen LogP contribution in [0, 0.1) is 40.4 Å². The highest BCUT2D eigenvalue weighted by Crippen LogP contribution is 2.68. The van der Waals surface area contributed by atoms with Gasteiger partial charge in [-0.1, -0.05) is 13.8 Å². The molecule has 0 heterocycles. The number of carbonyl (C=O) groups is 1. The molecule has 9 atom stereocenters. The van der Waals surface area contributed by atoms with Gasteiger partial charge in [-0.25, -0.2) is 8.78 Å². The summed E-state index contributed by atoms with van der Waals surface area (Å²) in [4.78, 5) is 11.8. The highest BCUT2D eigenvalue weighted by Gasteiger charge is 2.65. The molecule has 0 aromatic carbocycles. The van der Waals surface area contributed by atoms with Gasteiger partial charge in [0.15, 0.2) is 0 Å². The fourth-order valence-corrected chi connectivity index (χ4v) is 8.61. The second-order valence-corrected chi connectivity index (χ2v) is 11.6. The second-order valence-electron chi connectivity index (χ2n) is 11.6. The van der Waals surface area contributed by atoms with Gasteiger partial charge in [-0.2, -0.15) is 0 Å². The van der Waals surface area contributed by atoms with Crippen LogP contribution < -0.4 is 5.32 Å². The van der Waals surface area contributed by atoms with Gasteiger partial charge in [0, 0.05) is 19.4 Å². The molecule has 4 rings (SSSR count). The van der Waals surface area contributed by atoms with Crippen LogP contribution in [0.25, 0.3) is 0 Å². The molecule has 6 heteroatoms. The number of rotatable bonds is 5. The number of halogens is 2. The van der Waals surface area contributed by atoms with Crippen molar-refractivity contribution in [1.82, 2.24) is 5.32 Å². The van der Waals surface area contributed by atoms with Gasteiger partial charge in [0.05, 0.1) is 6.10 Å². The Hall–Kier alpha value is -0.750. The molecule has 0 bridgehead atoms. The summed E-state index contributed by atoms with van der Waals surface area (Å²) in [6.07, 6.45) is 4.92. The van der Waals surface area contributed by atoms with Crippen molar-refractivity contribution in [2.45, 2.75) is 103 Å². The second kappa shape index (κ2) is 8.23. The molecule has 4 aliphatic rings. The number of amides is 1. The minimum absolute atomic E-state index is 0.0305. The topological polar surface area (TPSA) is 69.6 Å². The number of hydrogen-bond acceptors (Lipinski definition) is 3. The molecule has 0 aromatic rings. The lowest BCUT2D eigenvalue weighted by atomic mass is 9.43. The quantitative estimate of drug-likeness (QED) is 0.587. The van der Waals surface area contributed by atoms with E-state index in [9.17, 15) is 23.8 Å². The van der Waals surface area contributed by atoms with E-state index in [2.05, 4.69) is 12.2 Å². The summed E-state index contributed by atoms with van der Waals surface area (Å²) in [5.74, 6) is -1.85. The van der Waals surface area contributed by atoms with E-state index in [-0.39, 0.29) is 41.9 Å². The number of hydrogen-bond donors (Lipinski definition) is 3. The SMILES string of the molecule is CCNC(=O)CCCC1CCC2C3C(O)CC4CC(O)C(F)(F)CC4(C)C3CCC12C.